The van der Waals surface area contributed by atoms with Crippen molar-refractivity contribution in [2.45, 2.75) is 57.5 Å². The van der Waals surface area contributed by atoms with Gasteiger partial charge in [-0.05, 0) is 37.5 Å². The third kappa shape index (κ3) is 6.82. The molecule has 10 heteroatoms. The molecule has 1 aliphatic heterocycles. The molecule has 1 aromatic carbocycles. The summed E-state index contributed by atoms with van der Waals surface area (Å²) in [6, 6.07) is 8.12. The zero-order valence-corrected chi connectivity index (χ0v) is 19.3. The average molecular weight is 475 g/mol. The number of hydrogen-bond donors (Lipinski definition) is 1. The second-order valence-electron chi connectivity index (χ2n) is 7.73. The van der Waals surface area contributed by atoms with Crippen molar-refractivity contribution in [3.8, 4) is 0 Å². The minimum absolute atomic E-state index is 0.0510. The monoisotopic (exact) mass is 475 g/mol. The molecular formula is C24H29NO9. The molecule has 0 spiro atoms. The van der Waals surface area contributed by atoms with Crippen LogP contribution in [-0.4, -0.2) is 71.5 Å². The van der Waals surface area contributed by atoms with Gasteiger partial charge in [0.05, 0.1) is 6.04 Å². The summed E-state index contributed by atoms with van der Waals surface area (Å²) in [6.45, 7) is 2.62. The second-order valence-corrected chi connectivity index (χ2v) is 7.73. The van der Waals surface area contributed by atoms with Crippen LogP contribution in [0.25, 0.3) is 0 Å². The van der Waals surface area contributed by atoms with Gasteiger partial charge in [-0.25, -0.2) is 9.69 Å². The normalized spacial score (nSPS) is 19.5. The largest absolute Gasteiger partial charge is 0.451 e. The number of imide groups is 1. The molecule has 1 aliphatic rings. The topological polar surface area (TPSA) is 137 Å². The van der Waals surface area contributed by atoms with Gasteiger partial charge in [0.15, 0.2) is 23.8 Å². The predicted octanol–water partition coefficient (Wildman–Crippen LogP) is 1.90. The maximum atomic E-state index is 13.3. The van der Waals surface area contributed by atoms with E-state index in [-0.39, 0.29) is 18.8 Å². The van der Waals surface area contributed by atoms with E-state index in [9.17, 15) is 24.0 Å². The molecule has 0 radical (unpaired) electrons. The molecule has 34 heavy (non-hydrogen) atoms. The van der Waals surface area contributed by atoms with Gasteiger partial charge in [-0.1, -0.05) is 30.3 Å². The average Bonchev–Trinajstić information content (AvgIpc) is 3.11. The van der Waals surface area contributed by atoms with Gasteiger partial charge >= 0.3 is 12.1 Å². The van der Waals surface area contributed by atoms with Crippen LogP contribution >= 0.6 is 0 Å². The highest BCUT2D eigenvalue weighted by atomic mass is 16.6. The Bertz CT molecular complexity index is 928. The Morgan fingerprint density at radius 2 is 1.79 bits per heavy atom. The summed E-state index contributed by atoms with van der Waals surface area (Å²) in [6.07, 6.45) is -2.07. The van der Waals surface area contributed by atoms with E-state index in [1.54, 1.807) is 37.3 Å². The van der Waals surface area contributed by atoms with Crippen molar-refractivity contribution in [1.29, 1.82) is 0 Å². The van der Waals surface area contributed by atoms with Crippen molar-refractivity contribution in [1.82, 2.24) is 4.90 Å². The Morgan fingerprint density at radius 3 is 2.38 bits per heavy atom. The molecule has 1 heterocycles. The Balaban J connectivity index is 2.22. The number of carbonyl (C=O) groups is 5. The van der Waals surface area contributed by atoms with Gasteiger partial charge in [-0.2, -0.15) is 0 Å². The van der Waals surface area contributed by atoms with Crippen LogP contribution in [0.3, 0.4) is 0 Å². The van der Waals surface area contributed by atoms with Crippen molar-refractivity contribution >= 4 is 29.5 Å². The van der Waals surface area contributed by atoms with Crippen molar-refractivity contribution in [2.75, 3.05) is 13.7 Å². The molecule has 0 aromatic heterocycles. The number of aliphatic hydroxyl groups is 1. The number of rotatable bonds is 12. The number of hydrogen-bond acceptors (Lipinski definition) is 9. The van der Waals surface area contributed by atoms with E-state index in [4.69, 9.17) is 19.3 Å². The van der Waals surface area contributed by atoms with Crippen molar-refractivity contribution in [3.63, 3.8) is 0 Å². The second kappa shape index (κ2) is 12.8. The molecule has 1 fully saturated rings. The van der Waals surface area contributed by atoms with Crippen LogP contribution in [0, 0.1) is 0 Å². The van der Waals surface area contributed by atoms with Crippen LogP contribution in [0.1, 0.15) is 44.8 Å². The fraction of sp³-hybridized carbons (Fsp3) is 0.458. The summed E-state index contributed by atoms with van der Waals surface area (Å²) >= 11 is 0. The van der Waals surface area contributed by atoms with E-state index < -0.39 is 48.1 Å². The first-order valence-corrected chi connectivity index (χ1v) is 10.9. The summed E-state index contributed by atoms with van der Waals surface area (Å²) in [7, 11) is 1.14. The lowest BCUT2D eigenvalue weighted by atomic mass is 10.0. The van der Waals surface area contributed by atoms with Crippen LogP contribution in [0.2, 0.25) is 0 Å². The third-order valence-corrected chi connectivity index (χ3v) is 5.25. The molecule has 1 saturated heterocycles. The van der Waals surface area contributed by atoms with Crippen LogP contribution < -0.4 is 0 Å². The highest BCUT2D eigenvalue weighted by Gasteiger charge is 2.48. The first-order valence-electron chi connectivity index (χ1n) is 10.9. The molecular weight excluding hydrogens is 446 g/mol. The van der Waals surface area contributed by atoms with E-state index >= 15 is 0 Å². The number of nitrogens with zero attached hydrogens (tertiary/aromatic N) is 1. The molecule has 0 bridgehead atoms. The van der Waals surface area contributed by atoms with Gasteiger partial charge in [0.2, 0.25) is 0 Å². The number of allylic oxidation sites excluding steroid dienone is 1. The Hall–Kier alpha value is -3.37. The van der Waals surface area contributed by atoms with Crippen molar-refractivity contribution < 1.29 is 43.3 Å². The number of cyclic esters (lactones) is 1. The third-order valence-electron chi connectivity index (χ3n) is 5.25. The highest BCUT2D eigenvalue weighted by molar-refractivity contribution is 6.05. The summed E-state index contributed by atoms with van der Waals surface area (Å²) in [5, 5.41) is 8.79. The van der Waals surface area contributed by atoms with Gasteiger partial charge in [0.1, 0.15) is 6.10 Å². The molecule has 0 unspecified atom stereocenters. The SMILES string of the molecule is CO[C@H](C(=O)N1C(=O)O[C@H](c2ccccc2)[C@@H]1C)[C@H](OC(C)=O)C(=O)C=CC(=O)CCCCO. The minimum atomic E-state index is -1.72. The summed E-state index contributed by atoms with van der Waals surface area (Å²) in [4.78, 5) is 62.9. The number of aliphatic hydroxyl groups excluding tert-OH is 1. The van der Waals surface area contributed by atoms with Crippen LogP contribution in [0.5, 0.6) is 0 Å². The van der Waals surface area contributed by atoms with Crippen LogP contribution in [0.15, 0.2) is 42.5 Å². The van der Waals surface area contributed by atoms with E-state index in [1.807, 2.05) is 0 Å². The number of ketones is 2. The minimum Gasteiger partial charge on any atom is -0.451 e. The number of benzene rings is 1. The summed E-state index contributed by atoms with van der Waals surface area (Å²) < 4.78 is 15.6. The first-order chi connectivity index (χ1) is 16.2. The molecule has 2 amide bonds. The molecule has 1 aromatic rings. The number of esters is 1. The molecule has 2 rings (SSSR count). The maximum absolute atomic E-state index is 13.3. The Labute approximate surface area is 197 Å². The molecule has 0 aliphatic carbocycles. The number of amides is 2. The number of methoxy groups -OCH3 is 1. The fourth-order valence-electron chi connectivity index (χ4n) is 3.55. The molecule has 0 saturated carbocycles. The standard InChI is InChI=1S/C24H29NO9/c1-15-20(17-9-5-4-6-10-17)34-24(31)25(15)23(30)22(32-3)21(33-16(2)27)19(29)13-12-18(28)11-7-8-14-26/h4-6,9-10,12-13,15,20-22,26H,7-8,11,14H2,1-3H3/t15-,20-,21+,22-/m0/s1. The Morgan fingerprint density at radius 1 is 1.12 bits per heavy atom. The Kier molecular flexibility index (Phi) is 10.1. The molecule has 184 valence electrons. The zero-order chi connectivity index (χ0) is 25.3. The smallest absolute Gasteiger partial charge is 0.417 e. The van der Waals surface area contributed by atoms with E-state index in [0.717, 1.165) is 31.1 Å². The molecule has 1 N–H and O–H groups in total. The number of ether oxygens (including phenoxy) is 3. The van der Waals surface area contributed by atoms with E-state index in [0.29, 0.717) is 18.4 Å². The molecule has 10 nitrogen and oxygen atoms in total. The van der Waals surface area contributed by atoms with E-state index in [2.05, 4.69) is 0 Å². The lowest BCUT2D eigenvalue weighted by Gasteiger charge is -2.27. The quantitative estimate of drug-likeness (QED) is 0.273. The van der Waals surface area contributed by atoms with Gasteiger partial charge in [0.25, 0.3) is 5.91 Å². The lowest BCUT2D eigenvalue weighted by Crippen LogP contribution is -2.52. The van der Waals surface area contributed by atoms with Gasteiger partial charge in [-0.3, -0.25) is 19.2 Å². The lowest BCUT2D eigenvalue weighted by molar-refractivity contribution is -0.166. The maximum Gasteiger partial charge on any atom is 0.417 e. The van der Waals surface area contributed by atoms with E-state index in [1.165, 1.54) is 0 Å². The van der Waals surface area contributed by atoms with Crippen LogP contribution in [-0.2, 0) is 33.4 Å². The van der Waals surface area contributed by atoms with Gasteiger partial charge in [-0.15, -0.1) is 0 Å². The zero-order valence-electron chi connectivity index (χ0n) is 19.3. The van der Waals surface area contributed by atoms with Crippen LogP contribution in [0.4, 0.5) is 4.79 Å². The molecule has 4 atom stereocenters. The van der Waals surface area contributed by atoms with Crippen molar-refractivity contribution in [2.24, 2.45) is 0 Å². The van der Waals surface area contributed by atoms with Gasteiger partial charge in [0, 0.05) is 27.1 Å². The summed E-state index contributed by atoms with van der Waals surface area (Å²) in [5.41, 5.74) is 0.683. The first kappa shape index (κ1) is 26.9. The number of unbranched alkanes of at least 4 members (excludes halogenated alkanes) is 1. The predicted molar refractivity (Wildman–Crippen MR) is 118 cm³/mol. The fourth-order valence-corrected chi connectivity index (χ4v) is 3.55. The van der Waals surface area contributed by atoms with Gasteiger partial charge < -0.3 is 19.3 Å². The summed E-state index contributed by atoms with van der Waals surface area (Å²) in [5.74, 6) is -2.99. The number of carbonyl (C=O) groups excluding carboxylic acids is 5. The highest BCUT2D eigenvalue weighted by Crippen LogP contribution is 2.33. The van der Waals surface area contributed by atoms with Crippen molar-refractivity contribution in [3.05, 3.63) is 48.0 Å².